The van der Waals surface area contributed by atoms with E-state index < -0.39 is 44.0 Å². The number of carbonyl (C=O) groups excluding carboxylic acids is 1. The average molecular weight is 232 g/mol. The molecule has 0 spiro atoms. The summed E-state index contributed by atoms with van der Waals surface area (Å²) in [6.07, 6.45) is -4.69. The lowest BCUT2D eigenvalue weighted by Gasteiger charge is -2.24. The predicted molar refractivity (Wildman–Crippen MR) is 40.7 cm³/mol. The van der Waals surface area contributed by atoms with E-state index in [0.717, 1.165) is 0 Å². The summed E-state index contributed by atoms with van der Waals surface area (Å²) in [5.41, 5.74) is -2.09. The van der Waals surface area contributed by atoms with Crippen LogP contribution in [0.25, 0.3) is 0 Å². The number of rotatable bonds is 5. The zero-order valence-electron chi connectivity index (χ0n) is 7.62. The summed E-state index contributed by atoms with van der Waals surface area (Å²) in [4.78, 5) is 11.0. The van der Waals surface area contributed by atoms with Crippen molar-refractivity contribution in [1.82, 2.24) is 0 Å². The van der Waals surface area contributed by atoms with Crippen molar-refractivity contribution in [2.24, 2.45) is 5.41 Å². The summed E-state index contributed by atoms with van der Waals surface area (Å²) in [6.45, 7) is -4.84. The molecule has 90 valence electrons. The van der Waals surface area contributed by atoms with E-state index >= 15 is 0 Å². The lowest BCUT2D eigenvalue weighted by atomic mass is 9.91. The van der Waals surface area contributed by atoms with Gasteiger partial charge in [0.2, 0.25) is 0 Å². The van der Waals surface area contributed by atoms with E-state index in [1.807, 2.05) is 0 Å². The number of esters is 1. The van der Waals surface area contributed by atoms with Crippen LogP contribution in [0.15, 0.2) is 0 Å². The van der Waals surface area contributed by atoms with Crippen LogP contribution in [0, 0.1) is 5.41 Å². The van der Waals surface area contributed by atoms with Crippen LogP contribution in [-0.2, 0) is 9.53 Å². The standard InChI is InChI=1S/C7H11F3O5/c8-7(9,10)4-15-5(14)6(1-11,2-12)3-13/h11-13H,1-4H2. The second-order valence-electron chi connectivity index (χ2n) is 2.95. The SMILES string of the molecule is O=C(OCC(F)(F)F)C(CO)(CO)CO. The molecule has 0 aliphatic heterocycles. The first kappa shape index (κ1) is 14.1. The van der Waals surface area contributed by atoms with E-state index in [9.17, 15) is 18.0 Å². The summed E-state index contributed by atoms with van der Waals surface area (Å²) < 4.78 is 38.8. The Hall–Kier alpha value is -0.860. The molecule has 3 N–H and O–H groups in total. The number of aliphatic hydroxyl groups excluding tert-OH is 3. The van der Waals surface area contributed by atoms with Crippen LogP contribution in [0.1, 0.15) is 0 Å². The molecule has 5 nitrogen and oxygen atoms in total. The smallest absolute Gasteiger partial charge is 0.422 e. The number of aliphatic hydroxyl groups is 3. The van der Waals surface area contributed by atoms with Gasteiger partial charge in [-0.1, -0.05) is 0 Å². The molecular formula is C7H11F3O5. The molecule has 0 aromatic rings. The third-order valence-electron chi connectivity index (χ3n) is 1.71. The maximum atomic E-state index is 11.7. The third-order valence-corrected chi connectivity index (χ3v) is 1.71. The largest absolute Gasteiger partial charge is 0.455 e. The predicted octanol–water partition coefficient (Wildman–Crippen LogP) is -0.945. The first-order valence-electron chi connectivity index (χ1n) is 3.88. The van der Waals surface area contributed by atoms with Gasteiger partial charge in [-0.25, -0.2) is 0 Å². The summed E-state index contributed by atoms with van der Waals surface area (Å²) in [6, 6.07) is 0. The lowest BCUT2D eigenvalue weighted by molar-refractivity contribution is -0.199. The van der Waals surface area contributed by atoms with Crippen molar-refractivity contribution < 1.29 is 38.0 Å². The summed E-state index contributed by atoms with van der Waals surface area (Å²) in [7, 11) is 0. The molecule has 0 aromatic heterocycles. The van der Waals surface area contributed by atoms with Crippen molar-refractivity contribution in [3.8, 4) is 0 Å². The Morgan fingerprint density at radius 3 is 1.73 bits per heavy atom. The van der Waals surface area contributed by atoms with E-state index in [1.165, 1.54) is 0 Å². The molecule has 0 saturated heterocycles. The molecule has 0 saturated carbocycles. The highest BCUT2D eigenvalue weighted by molar-refractivity contribution is 5.77. The number of alkyl halides is 3. The van der Waals surface area contributed by atoms with E-state index in [2.05, 4.69) is 4.74 Å². The van der Waals surface area contributed by atoms with Crippen LogP contribution >= 0.6 is 0 Å². The minimum Gasteiger partial charge on any atom is -0.455 e. The van der Waals surface area contributed by atoms with Gasteiger partial charge in [0.15, 0.2) is 6.61 Å². The summed E-state index contributed by atoms with van der Waals surface area (Å²) in [5, 5.41) is 26.0. The second kappa shape index (κ2) is 5.29. The fourth-order valence-corrected chi connectivity index (χ4v) is 0.644. The van der Waals surface area contributed by atoms with Gasteiger partial charge in [0, 0.05) is 0 Å². The molecule has 0 fully saturated rings. The highest BCUT2D eigenvalue weighted by atomic mass is 19.4. The Morgan fingerprint density at radius 2 is 1.47 bits per heavy atom. The van der Waals surface area contributed by atoms with Gasteiger partial charge in [-0.15, -0.1) is 0 Å². The van der Waals surface area contributed by atoms with Crippen molar-refractivity contribution in [2.75, 3.05) is 26.4 Å². The van der Waals surface area contributed by atoms with Gasteiger partial charge in [0.25, 0.3) is 0 Å². The van der Waals surface area contributed by atoms with Gasteiger partial charge in [-0.2, -0.15) is 13.2 Å². The van der Waals surface area contributed by atoms with Gasteiger partial charge in [-0.3, -0.25) is 4.79 Å². The Balaban J connectivity index is 4.40. The van der Waals surface area contributed by atoms with E-state index in [1.54, 1.807) is 0 Å². The van der Waals surface area contributed by atoms with Gasteiger partial charge in [0.1, 0.15) is 5.41 Å². The molecule has 0 atom stereocenters. The van der Waals surface area contributed by atoms with E-state index in [4.69, 9.17) is 15.3 Å². The highest BCUT2D eigenvalue weighted by Gasteiger charge is 2.41. The first-order chi connectivity index (χ1) is 6.81. The minimum atomic E-state index is -4.69. The van der Waals surface area contributed by atoms with Crippen molar-refractivity contribution in [1.29, 1.82) is 0 Å². The molecule has 0 radical (unpaired) electrons. The van der Waals surface area contributed by atoms with Crippen LogP contribution < -0.4 is 0 Å². The zero-order valence-corrected chi connectivity index (χ0v) is 7.62. The van der Waals surface area contributed by atoms with Crippen LogP contribution in [-0.4, -0.2) is 53.9 Å². The van der Waals surface area contributed by atoms with Crippen molar-refractivity contribution in [3.05, 3.63) is 0 Å². The number of carbonyl (C=O) groups is 1. The minimum absolute atomic E-state index is 1.00. The molecule has 15 heavy (non-hydrogen) atoms. The average Bonchev–Trinajstić information content (AvgIpc) is 2.17. The number of ether oxygens (including phenoxy) is 1. The third kappa shape index (κ3) is 4.02. The second-order valence-corrected chi connectivity index (χ2v) is 2.95. The van der Waals surface area contributed by atoms with Gasteiger partial charge in [0.05, 0.1) is 19.8 Å². The molecule has 0 aromatic carbocycles. The summed E-state index contributed by atoms with van der Waals surface area (Å²) >= 11 is 0. The maximum absolute atomic E-state index is 11.7. The molecular weight excluding hydrogens is 221 g/mol. The quantitative estimate of drug-likeness (QED) is 0.532. The monoisotopic (exact) mass is 232 g/mol. The van der Waals surface area contributed by atoms with Crippen LogP contribution in [0.2, 0.25) is 0 Å². The topological polar surface area (TPSA) is 87.0 Å². The van der Waals surface area contributed by atoms with Crippen LogP contribution in [0.5, 0.6) is 0 Å². The fraction of sp³-hybridized carbons (Fsp3) is 0.857. The zero-order chi connectivity index (χ0) is 12.1. The highest BCUT2D eigenvalue weighted by Crippen LogP contribution is 2.20. The number of halogens is 3. The molecule has 0 unspecified atom stereocenters. The lowest BCUT2D eigenvalue weighted by Crippen LogP contribution is -2.44. The van der Waals surface area contributed by atoms with Crippen molar-refractivity contribution in [3.63, 3.8) is 0 Å². The molecule has 0 rings (SSSR count). The van der Waals surface area contributed by atoms with Gasteiger partial charge >= 0.3 is 12.1 Å². The Labute approximate surface area is 83.1 Å². The summed E-state index contributed by atoms with van der Waals surface area (Å²) in [5.74, 6) is -1.49. The molecule has 0 bridgehead atoms. The van der Waals surface area contributed by atoms with Crippen LogP contribution in [0.4, 0.5) is 13.2 Å². The Kier molecular flexibility index (Phi) is 4.98. The van der Waals surface area contributed by atoms with Crippen LogP contribution in [0.3, 0.4) is 0 Å². The Morgan fingerprint density at radius 1 is 1.07 bits per heavy atom. The number of hydrogen-bond acceptors (Lipinski definition) is 5. The molecule has 0 heterocycles. The van der Waals surface area contributed by atoms with E-state index in [-0.39, 0.29) is 0 Å². The normalized spacial score (nSPS) is 12.7. The maximum Gasteiger partial charge on any atom is 0.422 e. The van der Waals surface area contributed by atoms with Crippen molar-refractivity contribution in [2.45, 2.75) is 6.18 Å². The number of hydrogen-bond donors (Lipinski definition) is 3. The molecule has 0 aliphatic carbocycles. The first-order valence-corrected chi connectivity index (χ1v) is 3.88. The fourth-order valence-electron chi connectivity index (χ4n) is 0.644. The molecule has 0 amide bonds. The van der Waals surface area contributed by atoms with E-state index in [0.29, 0.717) is 0 Å². The van der Waals surface area contributed by atoms with Gasteiger partial charge < -0.3 is 20.1 Å². The molecule has 0 aliphatic rings. The Bertz CT molecular complexity index is 203. The molecule has 8 heteroatoms. The van der Waals surface area contributed by atoms with Crippen molar-refractivity contribution >= 4 is 5.97 Å². The van der Waals surface area contributed by atoms with Gasteiger partial charge in [-0.05, 0) is 0 Å².